The molecule has 17 heavy (non-hydrogen) atoms. The van der Waals surface area contributed by atoms with Gasteiger partial charge in [0.15, 0.2) is 5.78 Å². The standard InChI is InChI=1S/C14H17NO2/c1-10(2)8-14(16)13(9-15)11-4-6-12(17-3)7-5-11/h4-7,10,13H,8H2,1-3H3. The third-order valence-corrected chi connectivity index (χ3v) is 2.51. The molecular weight excluding hydrogens is 214 g/mol. The van der Waals surface area contributed by atoms with Crippen LogP contribution in [0.2, 0.25) is 0 Å². The third kappa shape index (κ3) is 3.60. The summed E-state index contributed by atoms with van der Waals surface area (Å²) in [6.45, 7) is 3.95. The molecule has 0 fully saturated rings. The molecule has 3 heteroatoms. The zero-order valence-corrected chi connectivity index (χ0v) is 10.4. The van der Waals surface area contributed by atoms with Gasteiger partial charge in [0.2, 0.25) is 0 Å². The molecule has 1 atom stereocenters. The molecule has 0 amide bonds. The van der Waals surface area contributed by atoms with Gasteiger partial charge in [-0.05, 0) is 23.6 Å². The van der Waals surface area contributed by atoms with Crippen LogP contribution < -0.4 is 4.74 Å². The average molecular weight is 231 g/mol. The molecule has 1 aromatic rings. The van der Waals surface area contributed by atoms with Crippen LogP contribution in [0.5, 0.6) is 5.75 Å². The lowest BCUT2D eigenvalue weighted by Gasteiger charge is -2.10. The van der Waals surface area contributed by atoms with E-state index in [0.717, 1.165) is 11.3 Å². The molecule has 0 saturated carbocycles. The summed E-state index contributed by atoms with van der Waals surface area (Å²) in [4.78, 5) is 11.9. The molecule has 0 aliphatic rings. The first kappa shape index (κ1) is 13.2. The van der Waals surface area contributed by atoms with Crippen molar-refractivity contribution < 1.29 is 9.53 Å². The lowest BCUT2D eigenvalue weighted by molar-refractivity contribution is -0.120. The number of methoxy groups -OCH3 is 1. The maximum Gasteiger partial charge on any atom is 0.154 e. The smallest absolute Gasteiger partial charge is 0.154 e. The van der Waals surface area contributed by atoms with Gasteiger partial charge in [0.05, 0.1) is 13.2 Å². The predicted molar refractivity (Wildman–Crippen MR) is 65.8 cm³/mol. The molecule has 0 heterocycles. The van der Waals surface area contributed by atoms with E-state index in [1.807, 2.05) is 13.8 Å². The van der Waals surface area contributed by atoms with E-state index in [4.69, 9.17) is 10.00 Å². The fourth-order valence-corrected chi connectivity index (χ4v) is 1.65. The summed E-state index contributed by atoms with van der Waals surface area (Å²) in [5.41, 5.74) is 0.735. The van der Waals surface area contributed by atoms with Crippen molar-refractivity contribution in [3.8, 4) is 11.8 Å². The number of nitriles is 1. The van der Waals surface area contributed by atoms with Crippen molar-refractivity contribution >= 4 is 5.78 Å². The minimum absolute atomic E-state index is 0.0207. The van der Waals surface area contributed by atoms with E-state index in [1.54, 1.807) is 31.4 Å². The molecular formula is C14H17NO2. The summed E-state index contributed by atoms with van der Waals surface area (Å²) < 4.78 is 5.04. The van der Waals surface area contributed by atoms with Crippen molar-refractivity contribution in [2.45, 2.75) is 26.2 Å². The Kier molecular flexibility index (Phi) is 4.71. The van der Waals surface area contributed by atoms with Crippen LogP contribution in [0.3, 0.4) is 0 Å². The van der Waals surface area contributed by atoms with Gasteiger partial charge in [-0.25, -0.2) is 0 Å². The Morgan fingerprint density at radius 2 is 1.94 bits per heavy atom. The Balaban J connectivity index is 2.86. The van der Waals surface area contributed by atoms with Gasteiger partial charge in [0, 0.05) is 6.42 Å². The molecule has 0 bridgehead atoms. The minimum Gasteiger partial charge on any atom is -0.497 e. The normalized spacial score (nSPS) is 11.9. The number of ketones is 1. The van der Waals surface area contributed by atoms with E-state index in [9.17, 15) is 4.79 Å². The number of rotatable bonds is 5. The number of carbonyl (C=O) groups is 1. The van der Waals surface area contributed by atoms with E-state index in [-0.39, 0.29) is 11.7 Å². The lowest BCUT2D eigenvalue weighted by atomic mass is 9.91. The number of nitrogens with zero attached hydrogens (tertiary/aromatic N) is 1. The molecule has 1 rings (SSSR count). The molecule has 3 nitrogen and oxygen atoms in total. The number of benzene rings is 1. The highest BCUT2D eigenvalue weighted by Crippen LogP contribution is 2.22. The molecule has 0 spiro atoms. The molecule has 1 unspecified atom stereocenters. The molecule has 0 aromatic heterocycles. The summed E-state index contributed by atoms with van der Waals surface area (Å²) >= 11 is 0. The number of hydrogen-bond acceptors (Lipinski definition) is 3. The lowest BCUT2D eigenvalue weighted by Crippen LogP contribution is -2.13. The van der Waals surface area contributed by atoms with Crippen LogP contribution in [0.4, 0.5) is 0 Å². The second-order valence-electron chi connectivity index (χ2n) is 4.40. The number of hydrogen-bond donors (Lipinski definition) is 0. The Labute approximate surface area is 102 Å². The van der Waals surface area contributed by atoms with Crippen molar-refractivity contribution in [3.05, 3.63) is 29.8 Å². The summed E-state index contributed by atoms with van der Waals surface area (Å²) in [5.74, 6) is 0.314. The van der Waals surface area contributed by atoms with Crippen LogP contribution in [0, 0.1) is 17.2 Å². The monoisotopic (exact) mass is 231 g/mol. The van der Waals surface area contributed by atoms with E-state index in [0.29, 0.717) is 6.42 Å². The van der Waals surface area contributed by atoms with Crippen molar-refractivity contribution in [1.82, 2.24) is 0 Å². The predicted octanol–water partition coefficient (Wildman–Crippen LogP) is 2.92. The number of ether oxygens (including phenoxy) is 1. The Morgan fingerprint density at radius 3 is 2.35 bits per heavy atom. The van der Waals surface area contributed by atoms with Gasteiger partial charge in [-0.3, -0.25) is 4.79 Å². The molecule has 0 radical (unpaired) electrons. The highest BCUT2D eigenvalue weighted by atomic mass is 16.5. The molecule has 1 aromatic carbocycles. The van der Waals surface area contributed by atoms with Crippen molar-refractivity contribution in [1.29, 1.82) is 5.26 Å². The van der Waals surface area contributed by atoms with Crippen LogP contribution in [0.15, 0.2) is 24.3 Å². The SMILES string of the molecule is COc1ccc(C(C#N)C(=O)CC(C)C)cc1. The van der Waals surface area contributed by atoms with Gasteiger partial charge in [-0.1, -0.05) is 26.0 Å². The van der Waals surface area contributed by atoms with Gasteiger partial charge in [0.1, 0.15) is 11.7 Å². The largest absolute Gasteiger partial charge is 0.497 e. The van der Waals surface area contributed by atoms with Crippen LogP contribution >= 0.6 is 0 Å². The molecule has 90 valence electrons. The quantitative estimate of drug-likeness (QED) is 0.782. The summed E-state index contributed by atoms with van der Waals surface area (Å²) in [6.07, 6.45) is 0.435. The third-order valence-electron chi connectivity index (χ3n) is 2.51. The molecule has 0 aliphatic heterocycles. The zero-order chi connectivity index (χ0) is 12.8. The first-order chi connectivity index (χ1) is 8.08. The van der Waals surface area contributed by atoms with Crippen molar-refractivity contribution in [2.75, 3.05) is 7.11 Å². The van der Waals surface area contributed by atoms with E-state index >= 15 is 0 Å². The van der Waals surface area contributed by atoms with E-state index in [1.165, 1.54) is 0 Å². The minimum atomic E-state index is -0.664. The fraction of sp³-hybridized carbons (Fsp3) is 0.429. The highest BCUT2D eigenvalue weighted by molar-refractivity contribution is 5.88. The van der Waals surface area contributed by atoms with Gasteiger partial charge in [-0.2, -0.15) is 5.26 Å². The van der Waals surface area contributed by atoms with Crippen molar-refractivity contribution in [3.63, 3.8) is 0 Å². The first-order valence-corrected chi connectivity index (χ1v) is 5.64. The van der Waals surface area contributed by atoms with Gasteiger partial charge in [0.25, 0.3) is 0 Å². The summed E-state index contributed by atoms with van der Waals surface area (Å²) in [7, 11) is 1.58. The van der Waals surface area contributed by atoms with Crippen LogP contribution in [-0.4, -0.2) is 12.9 Å². The van der Waals surface area contributed by atoms with Crippen molar-refractivity contribution in [2.24, 2.45) is 5.92 Å². The van der Waals surface area contributed by atoms with Crippen LogP contribution in [0.25, 0.3) is 0 Å². The topological polar surface area (TPSA) is 50.1 Å². The Hall–Kier alpha value is -1.82. The Morgan fingerprint density at radius 1 is 1.35 bits per heavy atom. The van der Waals surface area contributed by atoms with Gasteiger partial charge >= 0.3 is 0 Å². The van der Waals surface area contributed by atoms with Gasteiger partial charge < -0.3 is 4.74 Å². The first-order valence-electron chi connectivity index (χ1n) is 5.64. The second kappa shape index (κ2) is 6.05. The number of carbonyl (C=O) groups excluding carboxylic acids is 1. The van der Waals surface area contributed by atoms with Gasteiger partial charge in [-0.15, -0.1) is 0 Å². The Bertz CT molecular complexity index is 415. The van der Waals surface area contributed by atoms with Crippen LogP contribution in [0.1, 0.15) is 31.7 Å². The fourth-order valence-electron chi connectivity index (χ4n) is 1.65. The van der Waals surface area contributed by atoms with E-state index in [2.05, 4.69) is 6.07 Å². The molecule has 0 N–H and O–H groups in total. The summed E-state index contributed by atoms with van der Waals surface area (Å²) in [5, 5.41) is 9.09. The second-order valence-corrected chi connectivity index (χ2v) is 4.40. The maximum absolute atomic E-state index is 11.9. The van der Waals surface area contributed by atoms with E-state index < -0.39 is 5.92 Å². The average Bonchev–Trinajstić information content (AvgIpc) is 2.30. The summed E-state index contributed by atoms with van der Waals surface area (Å²) in [6, 6.07) is 9.14. The molecule has 0 aliphatic carbocycles. The highest BCUT2D eigenvalue weighted by Gasteiger charge is 2.20. The maximum atomic E-state index is 11.9. The van der Waals surface area contributed by atoms with Crippen LogP contribution in [-0.2, 0) is 4.79 Å². The molecule has 0 saturated heterocycles. The zero-order valence-electron chi connectivity index (χ0n) is 10.4. The number of Topliss-reactive ketones (excluding diaryl/α,β-unsaturated/α-hetero) is 1.